The zero-order chi connectivity index (χ0) is 46.3. The highest BCUT2D eigenvalue weighted by Gasteiger charge is 2.18. The molecule has 4 nitrogen and oxygen atoms in total. The molecular formula is C60H113NO3. The predicted octanol–water partition coefficient (Wildman–Crippen LogP) is 19.0. The van der Waals surface area contributed by atoms with E-state index >= 15 is 0 Å². The molecule has 4 heteroatoms. The molecule has 2 atom stereocenters. The third-order valence-electron chi connectivity index (χ3n) is 13.3. The molecule has 0 aliphatic rings. The summed E-state index contributed by atoms with van der Waals surface area (Å²) in [5.74, 6) is -0.0597. The third-order valence-corrected chi connectivity index (χ3v) is 13.3. The van der Waals surface area contributed by atoms with Crippen molar-refractivity contribution in [3.05, 3.63) is 48.6 Å². The summed E-state index contributed by atoms with van der Waals surface area (Å²) in [6, 6.07) is -0.620. The van der Waals surface area contributed by atoms with Crippen LogP contribution in [-0.2, 0) is 4.79 Å². The highest BCUT2D eigenvalue weighted by molar-refractivity contribution is 5.76. The molecule has 64 heavy (non-hydrogen) atoms. The minimum atomic E-state index is -0.837. The van der Waals surface area contributed by atoms with Gasteiger partial charge in [-0.2, -0.15) is 0 Å². The highest BCUT2D eigenvalue weighted by Crippen LogP contribution is 2.17. The van der Waals surface area contributed by atoms with Crippen molar-refractivity contribution in [2.75, 3.05) is 6.61 Å². The van der Waals surface area contributed by atoms with Crippen LogP contribution in [0.25, 0.3) is 0 Å². The van der Waals surface area contributed by atoms with Crippen LogP contribution >= 0.6 is 0 Å². The van der Waals surface area contributed by atoms with Crippen LogP contribution in [0.15, 0.2) is 48.6 Å². The van der Waals surface area contributed by atoms with Crippen molar-refractivity contribution in [2.24, 2.45) is 0 Å². The Kier molecular flexibility index (Phi) is 54.2. The van der Waals surface area contributed by atoms with Gasteiger partial charge in [0.15, 0.2) is 0 Å². The Labute approximate surface area is 401 Å². The molecule has 0 saturated carbocycles. The molecule has 0 heterocycles. The SMILES string of the molecule is CCCCCCC/C=C\C/C=C\C/C=C\CCCCCCCCCCCCCCCCCCCCCCCCC(=O)NC(CO)C(O)/C=C/CCCCCCCCCCCCCCC. The Bertz CT molecular complexity index is 1020. The van der Waals surface area contributed by atoms with Crippen LogP contribution in [0.5, 0.6) is 0 Å². The van der Waals surface area contributed by atoms with Crippen molar-refractivity contribution in [3.63, 3.8) is 0 Å². The van der Waals surface area contributed by atoms with Gasteiger partial charge in [0.05, 0.1) is 18.8 Å². The number of rotatable bonds is 53. The van der Waals surface area contributed by atoms with Gasteiger partial charge >= 0.3 is 0 Å². The molecule has 2 unspecified atom stereocenters. The van der Waals surface area contributed by atoms with Crippen molar-refractivity contribution < 1.29 is 15.0 Å². The first-order chi connectivity index (χ1) is 31.7. The lowest BCUT2D eigenvalue weighted by Crippen LogP contribution is -2.45. The first kappa shape index (κ1) is 62.4. The second-order valence-corrected chi connectivity index (χ2v) is 19.7. The Balaban J connectivity index is 3.42. The van der Waals surface area contributed by atoms with Gasteiger partial charge in [-0.15, -0.1) is 0 Å². The van der Waals surface area contributed by atoms with Crippen LogP contribution in [0.1, 0.15) is 309 Å². The number of hydrogen-bond donors (Lipinski definition) is 3. The van der Waals surface area contributed by atoms with E-state index in [1.807, 2.05) is 6.08 Å². The van der Waals surface area contributed by atoms with Gasteiger partial charge in [0.1, 0.15) is 0 Å². The fourth-order valence-electron chi connectivity index (χ4n) is 8.89. The quantitative estimate of drug-likeness (QED) is 0.0421. The fourth-order valence-corrected chi connectivity index (χ4v) is 8.89. The highest BCUT2D eigenvalue weighted by atomic mass is 16.3. The van der Waals surface area contributed by atoms with E-state index in [-0.39, 0.29) is 12.5 Å². The minimum absolute atomic E-state index is 0.0597. The molecule has 0 rings (SSSR count). The predicted molar refractivity (Wildman–Crippen MR) is 285 cm³/mol. The van der Waals surface area contributed by atoms with Gasteiger partial charge in [-0.05, 0) is 57.8 Å². The number of carbonyl (C=O) groups is 1. The van der Waals surface area contributed by atoms with Gasteiger partial charge < -0.3 is 15.5 Å². The standard InChI is InChI=1S/C60H113NO3/c1-3-5-7-9-11-13-15-17-19-20-21-22-23-24-25-26-27-28-29-30-31-32-33-34-35-36-37-38-39-40-42-44-46-48-50-52-54-56-60(64)61-58(57-62)59(63)55-53-51-49-47-45-43-41-18-16-14-12-10-8-6-4-2/h15,17,20-21,23-24,53,55,58-59,62-63H,3-14,16,18-19,22,25-52,54,56-57H2,1-2H3,(H,61,64)/b17-15-,21-20-,24-23-,55-53+. The molecule has 0 aliphatic carbocycles. The van der Waals surface area contributed by atoms with Crippen LogP contribution in [0.2, 0.25) is 0 Å². The molecule has 0 radical (unpaired) electrons. The van der Waals surface area contributed by atoms with Gasteiger partial charge in [0.25, 0.3) is 0 Å². The Morgan fingerprint density at radius 3 is 0.953 bits per heavy atom. The minimum Gasteiger partial charge on any atom is -0.394 e. The maximum Gasteiger partial charge on any atom is 0.220 e. The molecule has 0 spiro atoms. The maximum absolute atomic E-state index is 12.5. The van der Waals surface area contributed by atoms with E-state index in [0.717, 1.165) is 38.5 Å². The van der Waals surface area contributed by atoms with Crippen LogP contribution in [-0.4, -0.2) is 34.9 Å². The van der Waals surface area contributed by atoms with E-state index in [4.69, 9.17) is 0 Å². The van der Waals surface area contributed by atoms with Gasteiger partial charge in [-0.25, -0.2) is 0 Å². The van der Waals surface area contributed by atoms with Gasteiger partial charge in [0.2, 0.25) is 5.91 Å². The number of aliphatic hydroxyl groups is 2. The largest absolute Gasteiger partial charge is 0.394 e. The molecule has 0 aromatic heterocycles. The van der Waals surface area contributed by atoms with E-state index in [2.05, 4.69) is 55.6 Å². The van der Waals surface area contributed by atoms with Crippen LogP contribution < -0.4 is 5.32 Å². The molecule has 0 fully saturated rings. The van der Waals surface area contributed by atoms with Crippen LogP contribution in [0, 0.1) is 0 Å². The molecular weight excluding hydrogens is 783 g/mol. The number of nitrogens with one attached hydrogen (secondary N) is 1. The zero-order valence-corrected chi connectivity index (χ0v) is 43.3. The van der Waals surface area contributed by atoms with E-state index in [1.165, 1.54) is 250 Å². The molecule has 0 aromatic rings. The molecule has 1 amide bonds. The van der Waals surface area contributed by atoms with Crippen molar-refractivity contribution in [3.8, 4) is 0 Å². The molecule has 3 N–H and O–H groups in total. The summed E-state index contributed by atoms with van der Waals surface area (Å²) < 4.78 is 0. The smallest absolute Gasteiger partial charge is 0.220 e. The van der Waals surface area contributed by atoms with Gasteiger partial charge in [-0.1, -0.05) is 294 Å². The van der Waals surface area contributed by atoms with Gasteiger partial charge in [-0.3, -0.25) is 4.79 Å². The average Bonchev–Trinajstić information content (AvgIpc) is 3.30. The number of unbranched alkanes of at least 4 members (excludes halogenated alkanes) is 40. The summed E-state index contributed by atoms with van der Waals surface area (Å²) in [7, 11) is 0. The first-order valence-electron chi connectivity index (χ1n) is 28.9. The lowest BCUT2D eigenvalue weighted by Gasteiger charge is -2.20. The summed E-state index contributed by atoms with van der Waals surface area (Å²) >= 11 is 0. The van der Waals surface area contributed by atoms with E-state index in [0.29, 0.717) is 6.42 Å². The number of allylic oxidation sites excluding steroid dienone is 7. The van der Waals surface area contributed by atoms with Crippen molar-refractivity contribution in [1.29, 1.82) is 0 Å². The van der Waals surface area contributed by atoms with Crippen molar-refractivity contribution in [2.45, 2.75) is 321 Å². The van der Waals surface area contributed by atoms with Crippen molar-refractivity contribution in [1.82, 2.24) is 5.32 Å². The molecule has 0 aliphatic heterocycles. The number of carbonyl (C=O) groups excluding carboxylic acids is 1. The molecule has 0 saturated heterocycles. The summed E-state index contributed by atoms with van der Waals surface area (Å²) in [6.07, 6.45) is 77.1. The molecule has 376 valence electrons. The van der Waals surface area contributed by atoms with E-state index < -0.39 is 12.1 Å². The Morgan fingerprint density at radius 2 is 0.641 bits per heavy atom. The summed E-state index contributed by atoms with van der Waals surface area (Å²) in [5.41, 5.74) is 0. The second kappa shape index (κ2) is 55.7. The summed E-state index contributed by atoms with van der Waals surface area (Å²) in [5, 5.41) is 23.1. The van der Waals surface area contributed by atoms with Crippen molar-refractivity contribution >= 4 is 5.91 Å². The topological polar surface area (TPSA) is 69.6 Å². The summed E-state index contributed by atoms with van der Waals surface area (Å²) in [6.45, 7) is 4.31. The van der Waals surface area contributed by atoms with E-state index in [9.17, 15) is 15.0 Å². The number of aliphatic hydroxyl groups excluding tert-OH is 2. The fraction of sp³-hybridized carbons (Fsp3) is 0.850. The van der Waals surface area contributed by atoms with Crippen LogP contribution in [0.3, 0.4) is 0 Å². The Morgan fingerprint density at radius 1 is 0.375 bits per heavy atom. The van der Waals surface area contributed by atoms with Gasteiger partial charge in [0, 0.05) is 6.42 Å². The Hall–Kier alpha value is -1.65. The summed E-state index contributed by atoms with van der Waals surface area (Å²) in [4.78, 5) is 12.5. The van der Waals surface area contributed by atoms with Crippen LogP contribution in [0.4, 0.5) is 0 Å². The maximum atomic E-state index is 12.5. The second-order valence-electron chi connectivity index (χ2n) is 19.7. The van der Waals surface area contributed by atoms with E-state index in [1.54, 1.807) is 6.08 Å². The third kappa shape index (κ3) is 51.3. The monoisotopic (exact) mass is 896 g/mol. The number of hydrogen-bond acceptors (Lipinski definition) is 3. The lowest BCUT2D eigenvalue weighted by molar-refractivity contribution is -0.123. The normalized spacial score (nSPS) is 13.1. The molecule has 0 bridgehead atoms. The number of amides is 1. The lowest BCUT2D eigenvalue weighted by atomic mass is 10.0. The zero-order valence-electron chi connectivity index (χ0n) is 43.3. The first-order valence-corrected chi connectivity index (χ1v) is 28.9. The molecule has 0 aromatic carbocycles. The average molecular weight is 897 g/mol.